The summed E-state index contributed by atoms with van der Waals surface area (Å²) in [5.41, 5.74) is 1.31. The summed E-state index contributed by atoms with van der Waals surface area (Å²) in [4.78, 5) is 12.2. The van der Waals surface area contributed by atoms with E-state index in [9.17, 15) is 10.1 Å². The molecule has 3 rings (SSSR count). The summed E-state index contributed by atoms with van der Waals surface area (Å²) in [6, 6.07) is 14.7. The minimum atomic E-state index is -0.0392. The van der Waals surface area contributed by atoms with Gasteiger partial charge in [-0.05, 0) is 23.6 Å². The molecule has 3 aromatic rings. The van der Waals surface area contributed by atoms with E-state index in [4.69, 9.17) is 5.41 Å². The van der Waals surface area contributed by atoms with Gasteiger partial charge in [0, 0.05) is 10.4 Å². The molecule has 0 fully saturated rings. The number of aldehydes is 1. The topological polar surface area (TPSA) is 82.5 Å². The van der Waals surface area contributed by atoms with Gasteiger partial charge in [-0.3, -0.25) is 10.2 Å². The van der Waals surface area contributed by atoms with E-state index >= 15 is 0 Å². The Morgan fingerprint density at radius 1 is 1.23 bits per heavy atom. The Morgan fingerprint density at radius 3 is 2.59 bits per heavy atom. The molecular formula is C16H10N4OS. The van der Waals surface area contributed by atoms with Gasteiger partial charge in [-0.25, -0.2) is 4.68 Å². The first-order valence-corrected chi connectivity index (χ1v) is 7.30. The summed E-state index contributed by atoms with van der Waals surface area (Å²) in [6.07, 6.45) is 0.620. The van der Waals surface area contributed by atoms with Gasteiger partial charge in [0.25, 0.3) is 0 Å². The average Bonchev–Trinajstić information content (AvgIpc) is 3.09. The number of hydrogen-bond acceptors (Lipinski definition) is 5. The second-order valence-corrected chi connectivity index (χ2v) is 5.39. The molecule has 0 atom stereocenters. The summed E-state index contributed by atoms with van der Waals surface area (Å²) in [5.74, 6) is 0. The van der Waals surface area contributed by atoms with Crippen LogP contribution in [0.3, 0.4) is 0 Å². The van der Waals surface area contributed by atoms with Gasteiger partial charge in [-0.1, -0.05) is 24.3 Å². The van der Waals surface area contributed by atoms with Crippen LogP contribution >= 0.6 is 11.3 Å². The number of hydrogen-bond donors (Lipinski definition) is 1. The van der Waals surface area contributed by atoms with Crippen molar-refractivity contribution in [3.63, 3.8) is 0 Å². The minimum absolute atomic E-state index is 0.0392. The van der Waals surface area contributed by atoms with Gasteiger partial charge in [0.1, 0.15) is 17.3 Å². The molecule has 0 radical (unpaired) electrons. The van der Waals surface area contributed by atoms with Crippen LogP contribution < -0.4 is 5.49 Å². The number of para-hydroxylation sites is 1. The SMILES string of the molecule is N#Cc1c(-c2cccs2)c(C=O)nn(-c2ccccc2)c1=N. The maximum Gasteiger partial charge on any atom is 0.170 e. The summed E-state index contributed by atoms with van der Waals surface area (Å²) < 4.78 is 1.30. The lowest BCUT2D eigenvalue weighted by Crippen LogP contribution is -2.26. The monoisotopic (exact) mass is 306 g/mol. The van der Waals surface area contributed by atoms with Crippen molar-refractivity contribution in [1.29, 1.82) is 10.7 Å². The van der Waals surface area contributed by atoms with Crippen molar-refractivity contribution >= 4 is 17.6 Å². The molecule has 106 valence electrons. The fourth-order valence-electron chi connectivity index (χ4n) is 2.18. The zero-order valence-electron chi connectivity index (χ0n) is 11.4. The van der Waals surface area contributed by atoms with Gasteiger partial charge < -0.3 is 0 Å². The van der Waals surface area contributed by atoms with Crippen molar-refractivity contribution in [1.82, 2.24) is 9.78 Å². The predicted molar refractivity (Wildman–Crippen MR) is 82.8 cm³/mol. The molecule has 0 aliphatic carbocycles. The third-order valence-electron chi connectivity index (χ3n) is 3.15. The highest BCUT2D eigenvalue weighted by Crippen LogP contribution is 2.28. The molecule has 0 saturated carbocycles. The summed E-state index contributed by atoms with van der Waals surface area (Å²) in [7, 11) is 0. The van der Waals surface area contributed by atoms with Crippen molar-refractivity contribution in [2.24, 2.45) is 0 Å². The number of aromatic nitrogens is 2. The van der Waals surface area contributed by atoms with Crippen LogP contribution in [0, 0.1) is 16.7 Å². The molecule has 2 heterocycles. The molecule has 0 amide bonds. The van der Waals surface area contributed by atoms with E-state index in [2.05, 4.69) is 5.10 Å². The molecule has 0 unspecified atom stereocenters. The quantitative estimate of drug-likeness (QED) is 0.755. The Hall–Kier alpha value is -3.04. The number of thiophene rings is 1. The number of benzene rings is 1. The van der Waals surface area contributed by atoms with Crippen molar-refractivity contribution in [3.8, 4) is 22.2 Å². The lowest BCUT2D eigenvalue weighted by atomic mass is 10.1. The molecule has 0 aliphatic heterocycles. The van der Waals surface area contributed by atoms with Crippen LogP contribution in [0.5, 0.6) is 0 Å². The molecule has 0 spiro atoms. The number of nitrogens with zero attached hydrogens (tertiary/aromatic N) is 3. The van der Waals surface area contributed by atoms with Gasteiger partial charge in [0.05, 0.1) is 5.69 Å². The van der Waals surface area contributed by atoms with Crippen LogP contribution in [-0.2, 0) is 0 Å². The van der Waals surface area contributed by atoms with Crippen LogP contribution in [0.15, 0.2) is 47.8 Å². The average molecular weight is 306 g/mol. The number of carbonyl (C=O) groups excluding carboxylic acids is 1. The van der Waals surface area contributed by atoms with Crippen molar-refractivity contribution in [2.45, 2.75) is 0 Å². The molecule has 1 aromatic carbocycles. The van der Waals surface area contributed by atoms with E-state index in [1.54, 1.807) is 12.1 Å². The summed E-state index contributed by atoms with van der Waals surface area (Å²) in [6.45, 7) is 0. The van der Waals surface area contributed by atoms with Crippen LogP contribution in [-0.4, -0.2) is 16.1 Å². The largest absolute Gasteiger partial charge is 0.296 e. The smallest absolute Gasteiger partial charge is 0.170 e. The summed E-state index contributed by atoms with van der Waals surface area (Å²) in [5, 5.41) is 23.8. The zero-order chi connectivity index (χ0) is 15.5. The maximum absolute atomic E-state index is 11.4. The first-order valence-electron chi connectivity index (χ1n) is 6.42. The predicted octanol–water partition coefficient (Wildman–Crippen LogP) is 2.76. The number of nitrogens with one attached hydrogen (secondary N) is 1. The lowest BCUT2D eigenvalue weighted by Gasteiger charge is -2.11. The highest BCUT2D eigenvalue weighted by molar-refractivity contribution is 7.13. The van der Waals surface area contributed by atoms with Gasteiger partial charge >= 0.3 is 0 Å². The van der Waals surface area contributed by atoms with Gasteiger partial charge in [-0.2, -0.15) is 10.4 Å². The van der Waals surface area contributed by atoms with Gasteiger partial charge in [-0.15, -0.1) is 11.3 Å². The maximum atomic E-state index is 11.4. The fourth-order valence-corrected chi connectivity index (χ4v) is 2.96. The van der Waals surface area contributed by atoms with Crippen LogP contribution in [0.25, 0.3) is 16.1 Å². The molecule has 0 bridgehead atoms. The van der Waals surface area contributed by atoms with Crippen LogP contribution in [0.4, 0.5) is 0 Å². The Morgan fingerprint density at radius 2 is 2.00 bits per heavy atom. The van der Waals surface area contributed by atoms with Crippen LogP contribution in [0.1, 0.15) is 16.1 Å². The van der Waals surface area contributed by atoms with Gasteiger partial charge in [0.2, 0.25) is 0 Å². The number of nitriles is 1. The molecule has 5 nitrogen and oxygen atoms in total. The highest BCUT2D eigenvalue weighted by atomic mass is 32.1. The van der Waals surface area contributed by atoms with E-state index in [-0.39, 0.29) is 16.7 Å². The molecule has 0 aliphatic rings. The molecular weight excluding hydrogens is 296 g/mol. The Balaban J connectivity index is 2.37. The molecule has 1 N–H and O–H groups in total. The van der Waals surface area contributed by atoms with E-state index in [1.807, 2.05) is 41.8 Å². The number of carbonyl (C=O) groups is 1. The second-order valence-electron chi connectivity index (χ2n) is 4.44. The lowest BCUT2D eigenvalue weighted by molar-refractivity contribution is 0.111. The van der Waals surface area contributed by atoms with Gasteiger partial charge in [0.15, 0.2) is 11.8 Å². The minimum Gasteiger partial charge on any atom is -0.296 e. The normalized spacial score (nSPS) is 10.1. The third-order valence-corrected chi connectivity index (χ3v) is 4.04. The summed E-state index contributed by atoms with van der Waals surface area (Å²) >= 11 is 1.40. The van der Waals surface area contributed by atoms with E-state index in [0.29, 0.717) is 17.5 Å². The van der Waals surface area contributed by atoms with Crippen molar-refractivity contribution in [3.05, 3.63) is 64.6 Å². The Kier molecular flexibility index (Phi) is 3.64. The molecule has 22 heavy (non-hydrogen) atoms. The first kappa shape index (κ1) is 13.9. The standard InChI is InChI=1S/C16H10N4OS/c17-9-12-15(14-7-4-8-22-14)13(10-21)19-20(16(12)18)11-5-2-1-3-6-11/h1-8,10,18H. The molecule has 6 heteroatoms. The molecule has 2 aromatic heterocycles. The van der Waals surface area contributed by atoms with E-state index < -0.39 is 0 Å². The van der Waals surface area contributed by atoms with E-state index in [0.717, 1.165) is 4.88 Å². The van der Waals surface area contributed by atoms with Crippen LogP contribution in [0.2, 0.25) is 0 Å². The molecule has 0 saturated heterocycles. The second kappa shape index (κ2) is 5.76. The zero-order valence-corrected chi connectivity index (χ0v) is 12.2. The number of rotatable bonds is 3. The van der Waals surface area contributed by atoms with E-state index in [1.165, 1.54) is 16.0 Å². The first-order chi connectivity index (χ1) is 10.8. The van der Waals surface area contributed by atoms with Crippen molar-refractivity contribution in [2.75, 3.05) is 0 Å². The van der Waals surface area contributed by atoms with Crippen molar-refractivity contribution < 1.29 is 4.79 Å². The Bertz CT molecular complexity index is 921. The highest BCUT2D eigenvalue weighted by Gasteiger charge is 2.18. The fraction of sp³-hybridized carbons (Fsp3) is 0. The third kappa shape index (κ3) is 2.24. The Labute approximate surface area is 130 Å².